The van der Waals surface area contributed by atoms with Crippen LogP contribution in [0.2, 0.25) is 5.15 Å². The number of H-pyrrole nitrogens is 1. The first-order valence-electron chi connectivity index (χ1n) is 7.07. The van der Waals surface area contributed by atoms with Crippen LogP contribution in [0.25, 0.3) is 11.1 Å². The minimum Gasteiger partial charge on any atom is -0.297 e. The van der Waals surface area contributed by atoms with E-state index in [1.807, 2.05) is 45.0 Å². The lowest BCUT2D eigenvalue weighted by Gasteiger charge is -2.15. The van der Waals surface area contributed by atoms with Crippen molar-refractivity contribution in [1.29, 1.82) is 0 Å². The summed E-state index contributed by atoms with van der Waals surface area (Å²) >= 11 is 6.09. The normalized spacial score (nSPS) is 12.4. The Labute approximate surface area is 128 Å². The van der Waals surface area contributed by atoms with Crippen LogP contribution in [0.1, 0.15) is 38.3 Å². The molecule has 0 amide bonds. The number of hydrogen-bond acceptors (Lipinski definition) is 2. The lowest BCUT2D eigenvalue weighted by molar-refractivity contribution is 0.466. The van der Waals surface area contributed by atoms with Crippen molar-refractivity contribution in [2.75, 3.05) is 0 Å². The Morgan fingerprint density at radius 3 is 2.43 bits per heavy atom. The molecule has 0 saturated carbocycles. The van der Waals surface area contributed by atoms with Crippen molar-refractivity contribution in [2.24, 2.45) is 0 Å². The highest BCUT2D eigenvalue weighted by atomic mass is 35.5. The molecule has 0 aliphatic rings. The van der Waals surface area contributed by atoms with Gasteiger partial charge in [0.25, 0.3) is 5.56 Å². The smallest absolute Gasteiger partial charge is 0.297 e. The second-order valence-electron chi connectivity index (χ2n) is 5.30. The summed E-state index contributed by atoms with van der Waals surface area (Å²) in [6.45, 7) is 5.86. The molecule has 4 nitrogen and oxygen atoms in total. The number of nitrogens with zero attached hydrogens (tertiary/aromatic N) is 1. The van der Waals surface area contributed by atoms with E-state index in [9.17, 15) is 9.59 Å². The molecule has 0 bridgehead atoms. The van der Waals surface area contributed by atoms with Crippen molar-refractivity contribution in [3.05, 3.63) is 55.8 Å². The molecule has 2 aromatic rings. The Morgan fingerprint density at radius 2 is 1.86 bits per heavy atom. The van der Waals surface area contributed by atoms with Gasteiger partial charge in [-0.05, 0) is 25.8 Å². The van der Waals surface area contributed by atoms with E-state index >= 15 is 0 Å². The van der Waals surface area contributed by atoms with E-state index in [2.05, 4.69) is 4.98 Å². The monoisotopic (exact) mass is 306 g/mol. The molecule has 5 heteroatoms. The van der Waals surface area contributed by atoms with Gasteiger partial charge in [-0.15, -0.1) is 0 Å². The summed E-state index contributed by atoms with van der Waals surface area (Å²) < 4.78 is 1.25. The highest BCUT2D eigenvalue weighted by Gasteiger charge is 2.17. The highest BCUT2D eigenvalue weighted by molar-refractivity contribution is 6.32. The maximum absolute atomic E-state index is 12.7. The van der Waals surface area contributed by atoms with Gasteiger partial charge in [0.1, 0.15) is 5.15 Å². The van der Waals surface area contributed by atoms with Gasteiger partial charge in [-0.2, -0.15) is 0 Å². The van der Waals surface area contributed by atoms with Crippen LogP contribution < -0.4 is 11.2 Å². The maximum atomic E-state index is 12.7. The van der Waals surface area contributed by atoms with E-state index in [0.29, 0.717) is 11.1 Å². The second kappa shape index (κ2) is 6.31. The lowest BCUT2D eigenvalue weighted by atomic mass is 10.1. The summed E-state index contributed by atoms with van der Waals surface area (Å²) in [4.78, 5) is 27.3. The Hall–Kier alpha value is -1.81. The fourth-order valence-electron chi connectivity index (χ4n) is 2.44. The summed E-state index contributed by atoms with van der Waals surface area (Å²) in [6.07, 6.45) is 1.66. The average molecular weight is 307 g/mol. The van der Waals surface area contributed by atoms with Crippen molar-refractivity contribution in [2.45, 2.75) is 39.7 Å². The molecule has 1 atom stereocenters. The van der Waals surface area contributed by atoms with Gasteiger partial charge in [-0.1, -0.05) is 54.8 Å². The Kier molecular flexibility index (Phi) is 4.68. The summed E-state index contributed by atoms with van der Waals surface area (Å²) in [5.41, 5.74) is 1.36. The van der Waals surface area contributed by atoms with Crippen molar-refractivity contribution >= 4 is 11.6 Å². The Morgan fingerprint density at radius 1 is 1.24 bits per heavy atom. The van der Waals surface area contributed by atoms with Crippen molar-refractivity contribution in [3.63, 3.8) is 0 Å². The molecule has 0 radical (unpaired) electrons. The van der Waals surface area contributed by atoms with Crippen LogP contribution in [0.4, 0.5) is 0 Å². The van der Waals surface area contributed by atoms with Crippen molar-refractivity contribution in [3.8, 4) is 11.1 Å². The van der Waals surface area contributed by atoms with E-state index in [0.717, 1.165) is 18.4 Å². The first-order valence-corrected chi connectivity index (χ1v) is 7.44. The molecule has 0 saturated heterocycles. The van der Waals surface area contributed by atoms with Gasteiger partial charge >= 0.3 is 5.69 Å². The molecule has 2 rings (SSSR count). The van der Waals surface area contributed by atoms with E-state index in [1.165, 1.54) is 4.57 Å². The molecule has 1 heterocycles. The van der Waals surface area contributed by atoms with Crippen LogP contribution in [0, 0.1) is 6.92 Å². The average Bonchev–Trinajstić information content (AvgIpc) is 2.40. The van der Waals surface area contributed by atoms with E-state index in [-0.39, 0.29) is 16.8 Å². The SMILES string of the molecule is CCCC(C)n1c(=O)[nH]c(Cl)c(-c2ccc(C)cc2)c1=O. The molecule has 0 spiro atoms. The van der Waals surface area contributed by atoms with Gasteiger partial charge < -0.3 is 0 Å². The number of rotatable bonds is 4. The van der Waals surface area contributed by atoms with Crippen LogP contribution in [-0.2, 0) is 0 Å². The maximum Gasteiger partial charge on any atom is 0.329 e. The predicted octanol–water partition coefficient (Wildman–Crippen LogP) is 3.53. The number of aromatic nitrogens is 2. The van der Waals surface area contributed by atoms with Gasteiger partial charge in [-0.3, -0.25) is 14.3 Å². The first kappa shape index (κ1) is 15.6. The van der Waals surface area contributed by atoms with Crippen LogP contribution in [0.3, 0.4) is 0 Å². The number of nitrogens with one attached hydrogen (secondary N) is 1. The molecule has 1 unspecified atom stereocenters. The Bertz CT molecular complexity index is 744. The van der Waals surface area contributed by atoms with Gasteiger partial charge in [-0.25, -0.2) is 4.79 Å². The number of aryl methyl sites for hydroxylation is 1. The molecule has 0 aliphatic heterocycles. The van der Waals surface area contributed by atoms with Gasteiger partial charge in [0, 0.05) is 6.04 Å². The van der Waals surface area contributed by atoms with E-state index < -0.39 is 5.69 Å². The molecule has 112 valence electrons. The third-order valence-corrected chi connectivity index (χ3v) is 3.86. The van der Waals surface area contributed by atoms with Crippen LogP contribution >= 0.6 is 11.6 Å². The molecular weight excluding hydrogens is 288 g/mol. The van der Waals surface area contributed by atoms with Crippen LogP contribution in [0.5, 0.6) is 0 Å². The van der Waals surface area contributed by atoms with E-state index in [4.69, 9.17) is 11.6 Å². The minimum atomic E-state index is -0.457. The van der Waals surface area contributed by atoms with Crippen molar-refractivity contribution < 1.29 is 0 Å². The zero-order valence-electron chi connectivity index (χ0n) is 12.4. The van der Waals surface area contributed by atoms with Crippen LogP contribution in [0.15, 0.2) is 33.9 Å². The quantitative estimate of drug-likeness (QED) is 0.879. The number of halogens is 1. The summed E-state index contributed by atoms with van der Waals surface area (Å²) in [5, 5.41) is 0.0915. The predicted molar refractivity (Wildman–Crippen MR) is 86.1 cm³/mol. The lowest BCUT2D eigenvalue weighted by Crippen LogP contribution is -2.38. The standard InChI is InChI=1S/C16H19ClN2O2/c1-4-5-11(3)19-15(20)13(14(17)18-16(19)21)12-8-6-10(2)7-9-12/h6-9,11H,4-5H2,1-3H3,(H,18,21). The molecule has 1 N–H and O–H groups in total. The highest BCUT2D eigenvalue weighted by Crippen LogP contribution is 2.22. The van der Waals surface area contributed by atoms with Gasteiger partial charge in [0.2, 0.25) is 0 Å². The fourth-order valence-corrected chi connectivity index (χ4v) is 2.71. The second-order valence-corrected chi connectivity index (χ2v) is 5.68. The third-order valence-electron chi connectivity index (χ3n) is 3.58. The minimum absolute atomic E-state index is 0.0915. The topological polar surface area (TPSA) is 54.9 Å². The Balaban J connectivity index is 2.67. The summed E-state index contributed by atoms with van der Waals surface area (Å²) in [7, 11) is 0. The molecule has 0 aliphatic carbocycles. The third kappa shape index (κ3) is 3.10. The van der Waals surface area contributed by atoms with E-state index in [1.54, 1.807) is 0 Å². The largest absolute Gasteiger partial charge is 0.329 e. The summed E-state index contributed by atoms with van der Waals surface area (Å²) in [5.74, 6) is 0. The van der Waals surface area contributed by atoms with Gasteiger partial charge in [0.05, 0.1) is 5.56 Å². The summed E-state index contributed by atoms with van der Waals surface area (Å²) in [6, 6.07) is 7.34. The fraction of sp³-hybridized carbons (Fsp3) is 0.375. The number of aromatic amines is 1. The molecule has 21 heavy (non-hydrogen) atoms. The zero-order chi connectivity index (χ0) is 15.6. The van der Waals surface area contributed by atoms with Crippen LogP contribution in [-0.4, -0.2) is 9.55 Å². The van der Waals surface area contributed by atoms with Crippen molar-refractivity contribution in [1.82, 2.24) is 9.55 Å². The molecule has 1 aromatic carbocycles. The number of benzene rings is 1. The molecule has 0 fully saturated rings. The molecule has 1 aromatic heterocycles. The molecular formula is C16H19ClN2O2. The van der Waals surface area contributed by atoms with Gasteiger partial charge in [0.15, 0.2) is 0 Å². The number of hydrogen-bond donors (Lipinski definition) is 1. The zero-order valence-corrected chi connectivity index (χ0v) is 13.2. The first-order chi connectivity index (χ1) is 9.95.